The van der Waals surface area contributed by atoms with E-state index in [-0.39, 0.29) is 34.3 Å². The van der Waals surface area contributed by atoms with E-state index < -0.39 is 22.5 Å². The van der Waals surface area contributed by atoms with Crippen LogP contribution in [0.2, 0.25) is 10.0 Å². The van der Waals surface area contributed by atoms with E-state index in [2.05, 4.69) is 10.5 Å². The molecule has 0 unspecified atom stereocenters. The minimum Gasteiger partial charge on any atom is -0.462 e. The first kappa shape index (κ1) is 21.3. The minimum absolute atomic E-state index is 0.0645. The van der Waals surface area contributed by atoms with Crippen molar-refractivity contribution in [1.29, 1.82) is 0 Å². The molecule has 2 aromatic carbocycles. The summed E-state index contributed by atoms with van der Waals surface area (Å²) in [5, 5.41) is 17.7. The molecule has 0 aliphatic heterocycles. The third kappa shape index (κ3) is 4.42. The number of nitro groups is 1. The summed E-state index contributed by atoms with van der Waals surface area (Å²) in [6.07, 6.45) is 0. The van der Waals surface area contributed by atoms with E-state index >= 15 is 0 Å². The lowest BCUT2D eigenvalue weighted by Gasteiger charge is -2.06. The van der Waals surface area contributed by atoms with Gasteiger partial charge in [0, 0.05) is 22.2 Å². The molecule has 9 nitrogen and oxygen atoms in total. The van der Waals surface area contributed by atoms with Crippen LogP contribution in [0.5, 0.6) is 0 Å². The maximum Gasteiger partial charge on any atom is 0.346 e. The Morgan fingerprint density at radius 2 is 1.90 bits per heavy atom. The Hall–Kier alpha value is -3.43. The van der Waals surface area contributed by atoms with Crippen LogP contribution in [0.15, 0.2) is 47.0 Å². The molecule has 11 heteroatoms. The molecule has 30 heavy (non-hydrogen) atoms. The summed E-state index contributed by atoms with van der Waals surface area (Å²) < 4.78 is 10.2. The molecule has 0 aliphatic carbocycles. The van der Waals surface area contributed by atoms with Crippen molar-refractivity contribution in [3.8, 4) is 11.3 Å². The van der Waals surface area contributed by atoms with Crippen molar-refractivity contribution in [3.63, 3.8) is 0 Å². The molecule has 0 saturated heterocycles. The number of aromatic nitrogens is 1. The fourth-order valence-electron chi connectivity index (χ4n) is 2.54. The molecule has 3 rings (SSSR count). The van der Waals surface area contributed by atoms with E-state index in [0.29, 0.717) is 10.6 Å². The number of amides is 1. The molecular formula is C19H13Cl2N3O6. The van der Waals surface area contributed by atoms with E-state index in [0.717, 1.165) is 6.07 Å². The molecule has 0 spiro atoms. The van der Waals surface area contributed by atoms with Gasteiger partial charge < -0.3 is 9.26 Å². The SMILES string of the molecule is CCOC(=O)c1c(-c2ccc(Cl)cc2)noc1NC(=O)c1ccc(Cl)c([N+](=O)[O-])c1. The van der Waals surface area contributed by atoms with Gasteiger partial charge in [0.25, 0.3) is 11.6 Å². The molecule has 154 valence electrons. The quantitative estimate of drug-likeness (QED) is 0.319. The Balaban J connectivity index is 1.98. The molecule has 1 heterocycles. The minimum atomic E-state index is -0.765. The van der Waals surface area contributed by atoms with Crippen molar-refractivity contribution in [2.24, 2.45) is 0 Å². The van der Waals surface area contributed by atoms with Gasteiger partial charge in [-0.05, 0) is 31.2 Å². The first-order valence-corrected chi connectivity index (χ1v) is 9.25. The van der Waals surface area contributed by atoms with E-state index in [9.17, 15) is 19.7 Å². The van der Waals surface area contributed by atoms with Crippen molar-refractivity contribution in [3.05, 3.63) is 73.8 Å². The molecule has 1 amide bonds. The second-order valence-corrected chi connectivity index (χ2v) is 6.68. The second-order valence-electron chi connectivity index (χ2n) is 5.84. The van der Waals surface area contributed by atoms with Crippen LogP contribution >= 0.6 is 23.2 Å². The highest BCUT2D eigenvalue weighted by atomic mass is 35.5. The number of hydrogen-bond donors (Lipinski definition) is 1. The zero-order chi connectivity index (χ0) is 21.8. The molecule has 0 radical (unpaired) electrons. The Morgan fingerprint density at radius 3 is 2.53 bits per heavy atom. The number of nitrogens with zero attached hydrogens (tertiary/aromatic N) is 2. The Kier molecular flexibility index (Phi) is 6.34. The highest BCUT2D eigenvalue weighted by Gasteiger charge is 2.27. The number of nitro benzene ring substituents is 1. The normalized spacial score (nSPS) is 10.5. The van der Waals surface area contributed by atoms with E-state index in [1.54, 1.807) is 31.2 Å². The van der Waals surface area contributed by atoms with Crippen molar-refractivity contribution < 1.29 is 23.8 Å². The molecule has 0 aliphatic rings. The average molecular weight is 450 g/mol. The van der Waals surface area contributed by atoms with Crippen LogP contribution in [0.3, 0.4) is 0 Å². The van der Waals surface area contributed by atoms with Crippen molar-refractivity contribution >= 4 is 46.6 Å². The van der Waals surface area contributed by atoms with Crippen LogP contribution < -0.4 is 5.32 Å². The summed E-state index contributed by atoms with van der Waals surface area (Å²) in [6.45, 7) is 1.71. The lowest BCUT2D eigenvalue weighted by Crippen LogP contribution is -2.15. The predicted octanol–water partition coefficient (Wildman–Crippen LogP) is 4.99. The van der Waals surface area contributed by atoms with Crippen LogP contribution in [-0.4, -0.2) is 28.6 Å². The summed E-state index contributed by atoms with van der Waals surface area (Å²) in [7, 11) is 0. The number of carbonyl (C=O) groups excluding carboxylic acids is 2. The number of halogens is 2. The maximum atomic E-state index is 12.6. The molecule has 0 bridgehead atoms. The number of benzene rings is 2. The summed E-state index contributed by atoms with van der Waals surface area (Å²) in [6, 6.07) is 9.98. The standard InChI is InChI=1S/C19H13Cl2N3O6/c1-2-29-19(26)15-16(10-3-6-12(20)7-4-10)23-30-18(15)22-17(25)11-5-8-13(21)14(9-11)24(27)28/h3-9H,2H2,1H3,(H,22,25). The van der Waals surface area contributed by atoms with E-state index in [1.807, 2.05) is 0 Å². The van der Waals surface area contributed by atoms with Gasteiger partial charge >= 0.3 is 5.97 Å². The number of esters is 1. The van der Waals surface area contributed by atoms with Crippen LogP contribution in [0, 0.1) is 10.1 Å². The summed E-state index contributed by atoms with van der Waals surface area (Å²) in [5.74, 6) is -1.79. The first-order valence-electron chi connectivity index (χ1n) is 8.49. The van der Waals surface area contributed by atoms with Crippen molar-refractivity contribution in [1.82, 2.24) is 5.16 Å². The Labute approximate surface area is 179 Å². The third-order valence-electron chi connectivity index (χ3n) is 3.92. The van der Waals surface area contributed by atoms with Crippen molar-refractivity contribution in [2.45, 2.75) is 6.92 Å². The van der Waals surface area contributed by atoms with Crippen LogP contribution in [0.4, 0.5) is 11.6 Å². The van der Waals surface area contributed by atoms with Crippen molar-refractivity contribution in [2.75, 3.05) is 11.9 Å². The third-order valence-corrected chi connectivity index (χ3v) is 4.49. The molecular weight excluding hydrogens is 437 g/mol. The molecule has 1 aromatic heterocycles. The lowest BCUT2D eigenvalue weighted by atomic mass is 10.1. The Bertz CT molecular complexity index is 1130. The number of ether oxygens (including phenoxy) is 1. The fraction of sp³-hybridized carbons (Fsp3) is 0.105. The first-order chi connectivity index (χ1) is 14.3. The van der Waals surface area contributed by atoms with Gasteiger partial charge in [-0.25, -0.2) is 4.79 Å². The zero-order valence-corrected chi connectivity index (χ0v) is 16.9. The van der Waals surface area contributed by atoms with Crippen LogP contribution in [-0.2, 0) is 4.74 Å². The van der Waals surface area contributed by atoms with Gasteiger partial charge in [-0.1, -0.05) is 40.5 Å². The molecule has 3 aromatic rings. The molecule has 0 fully saturated rings. The highest BCUT2D eigenvalue weighted by Crippen LogP contribution is 2.31. The van der Waals surface area contributed by atoms with E-state index in [1.165, 1.54) is 12.1 Å². The molecule has 0 atom stereocenters. The fourth-order valence-corrected chi connectivity index (χ4v) is 2.85. The van der Waals surface area contributed by atoms with E-state index in [4.69, 9.17) is 32.5 Å². The topological polar surface area (TPSA) is 125 Å². The number of carbonyl (C=O) groups is 2. The predicted molar refractivity (Wildman–Crippen MR) is 109 cm³/mol. The summed E-state index contributed by atoms with van der Waals surface area (Å²) in [5.41, 5.74) is 0.0482. The van der Waals surface area contributed by atoms with Gasteiger partial charge in [0.15, 0.2) is 5.56 Å². The van der Waals surface area contributed by atoms with Gasteiger partial charge in [-0.3, -0.25) is 20.2 Å². The summed E-state index contributed by atoms with van der Waals surface area (Å²) in [4.78, 5) is 35.4. The van der Waals surface area contributed by atoms with Gasteiger partial charge in [0.1, 0.15) is 10.7 Å². The monoisotopic (exact) mass is 449 g/mol. The molecule has 1 N–H and O–H groups in total. The van der Waals surface area contributed by atoms with Crippen LogP contribution in [0.25, 0.3) is 11.3 Å². The van der Waals surface area contributed by atoms with Crippen LogP contribution in [0.1, 0.15) is 27.6 Å². The smallest absolute Gasteiger partial charge is 0.346 e. The van der Waals surface area contributed by atoms with Gasteiger partial charge in [-0.2, -0.15) is 0 Å². The average Bonchev–Trinajstić information content (AvgIpc) is 3.12. The number of anilines is 1. The number of hydrogen-bond acceptors (Lipinski definition) is 7. The lowest BCUT2D eigenvalue weighted by molar-refractivity contribution is -0.384. The highest BCUT2D eigenvalue weighted by molar-refractivity contribution is 6.32. The second kappa shape index (κ2) is 8.93. The number of rotatable bonds is 6. The molecule has 0 saturated carbocycles. The van der Waals surface area contributed by atoms with Gasteiger partial charge in [0.05, 0.1) is 11.5 Å². The Morgan fingerprint density at radius 1 is 1.20 bits per heavy atom. The zero-order valence-electron chi connectivity index (χ0n) is 15.3. The number of nitrogens with one attached hydrogen (secondary N) is 1. The summed E-state index contributed by atoms with van der Waals surface area (Å²) >= 11 is 11.7. The maximum absolute atomic E-state index is 12.6. The van der Waals surface area contributed by atoms with Gasteiger partial charge in [-0.15, -0.1) is 0 Å². The van der Waals surface area contributed by atoms with Gasteiger partial charge in [0.2, 0.25) is 5.88 Å². The largest absolute Gasteiger partial charge is 0.462 e.